The van der Waals surface area contributed by atoms with Crippen LogP contribution in [0.4, 0.5) is 5.69 Å². The lowest BCUT2D eigenvalue weighted by Crippen LogP contribution is -2.03. The Labute approximate surface area is 126 Å². The number of carbonyl (C=O) groups is 1. The molecular formula is C18H12N2O2. The monoisotopic (exact) mass is 288 g/mol. The number of pyridine rings is 1. The summed E-state index contributed by atoms with van der Waals surface area (Å²) >= 11 is 0. The van der Waals surface area contributed by atoms with Crippen LogP contribution in [0.25, 0.3) is 22.6 Å². The number of phenols is 1. The summed E-state index contributed by atoms with van der Waals surface area (Å²) in [6, 6.07) is 14.7. The number of rotatable bonds is 1. The van der Waals surface area contributed by atoms with E-state index in [1.165, 1.54) is 0 Å². The lowest BCUT2D eigenvalue weighted by atomic mass is 10.0. The number of phenolic OH excluding ortho intramolecular Hbond substituents is 1. The zero-order valence-electron chi connectivity index (χ0n) is 11.6. The highest BCUT2D eigenvalue weighted by molar-refractivity contribution is 6.35. The molecule has 0 saturated heterocycles. The number of anilines is 1. The lowest BCUT2D eigenvalue weighted by molar-refractivity contribution is -0.110. The minimum absolute atomic E-state index is 0.107. The van der Waals surface area contributed by atoms with E-state index in [0.717, 1.165) is 22.2 Å². The van der Waals surface area contributed by atoms with Crippen molar-refractivity contribution in [1.82, 2.24) is 4.98 Å². The first-order chi connectivity index (χ1) is 10.7. The van der Waals surface area contributed by atoms with Crippen molar-refractivity contribution in [3.05, 3.63) is 65.9 Å². The van der Waals surface area contributed by atoms with Crippen LogP contribution in [0.15, 0.2) is 54.7 Å². The van der Waals surface area contributed by atoms with Gasteiger partial charge in [0, 0.05) is 40.0 Å². The molecule has 1 aliphatic rings. The number of hydrogen-bond acceptors (Lipinski definition) is 3. The van der Waals surface area contributed by atoms with Crippen LogP contribution >= 0.6 is 0 Å². The molecule has 2 heterocycles. The Morgan fingerprint density at radius 1 is 1.09 bits per heavy atom. The fourth-order valence-electron chi connectivity index (χ4n) is 2.68. The second-order valence-corrected chi connectivity index (χ2v) is 5.16. The molecule has 0 atom stereocenters. The fraction of sp³-hybridized carbons (Fsp3) is 0. The number of hydrogen-bond donors (Lipinski definition) is 2. The first kappa shape index (κ1) is 12.6. The molecule has 1 aliphatic heterocycles. The molecule has 0 bridgehead atoms. The first-order valence-electron chi connectivity index (χ1n) is 6.92. The molecule has 0 aliphatic carbocycles. The Bertz CT molecular complexity index is 945. The maximum atomic E-state index is 12.1. The summed E-state index contributed by atoms with van der Waals surface area (Å²) < 4.78 is 0. The summed E-state index contributed by atoms with van der Waals surface area (Å²) in [6.07, 6.45) is 3.39. The summed E-state index contributed by atoms with van der Waals surface area (Å²) in [5, 5.41) is 13.9. The summed E-state index contributed by atoms with van der Waals surface area (Å²) in [5.74, 6) is -0.0530. The molecule has 1 aromatic heterocycles. The molecule has 2 N–H and O–H groups in total. The molecule has 2 aromatic carbocycles. The van der Waals surface area contributed by atoms with Gasteiger partial charge in [0.1, 0.15) is 5.75 Å². The largest absolute Gasteiger partial charge is 0.507 e. The Morgan fingerprint density at radius 3 is 2.86 bits per heavy atom. The quantitative estimate of drug-likeness (QED) is 0.674. The Morgan fingerprint density at radius 2 is 1.95 bits per heavy atom. The second-order valence-electron chi connectivity index (χ2n) is 5.16. The van der Waals surface area contributed by atoms with Gasteiger partial charge in [0.15, 0.2) is 0 Å². The third-order valence-electron chi connectivity index (χ3n) is 3.76. The molecular weight excluding hydrogens is 276 g/mol. The molecule has 0 spiro atoms. The van der Waals surface area contributed by atoms with Crippen LogP contribution in [0.2, 0.25) is 0 Å². The predicted molar refractivity (Wildman–Crippen MR) is 86.4 cm³/mol. The van der Waals surface area contributed by atoms with Crippen molar-refractivity contribution in [1.29, 1.82) is 0 Å². The van der Waals surface area contributed by atoms with Gasteiger partial charge in [-0.2, -0.15) is 0 Å². The molecule has 3 aromatic rings. The zero-order valence-corrected chi connectivity index (χ0v) is 11.6. The fourth-order valence-corrected chi connectivity index (χ4v) is 2.68. The van der Waals surface area contributed by atoms with Crippen molar-refractivity contribution in [3.8, 4) is 5.75 Å². The Kier molecular flexibility index (Phi) is 2.69. The van der Waals surface area contributed by atoms with Crippen LogP contribution < -0.4 is 5.32 Å². The maximum absolute atomic E-state index is 12.1. The first-order valence-corrected chi connectivity index (χ1v) is 6.92. The molecule has 4 heteroatoms. The van der Waals surface area contributed by atoms with Crippen molar-refractivity contribution in [2.75, 3.05) is 5.32 Å². The molecule has 4 rings (SSSR count). The van der Waals surface area contributed by atoms with Gasteiger partial charge in [-0.1, -0.05) is 24.3 Å². The normalized spacial score (nSPS) is 15.1. The Balaban J connectivity index is 1.89. The van der Waals surface area contributed by atoms with Gasteiger partial charge in [0.2, 0.25) is 0 Å². The Hall–Kier alpha value is -3.14. The van der Waals surface area contributed by atoms with E-state index >= 15 is 0 Å². The molecule has 0 fully saturated rings. The highest BCUT2D eigenvalue weighted by atomic mass is 16.3. The molecule has 106 valence electrons. The number of fused-ring (bicyclic) bond motifs is 2. The molecule has 0 radical (unpaired) electrons. The van der Waals surface area contributed by atoms with E-state index in [-0.39, 0.29) is 11.7 Å². The van der Waals surface area contributed by atoms with Crippen molar-refractivity contribution in [2.24, 2.45) is 0 Å². The number of nitrogens with zero attached hydrogens (tertiary/aromatic N) is 1. The van der Waals surface area contributed by atoms with E-state index in [2.05, 4.69) is 10.3 Å². The van der Waals surface area contributed by atoms with Gasteiger partial charge >= 0.3 is 0 Å². The SMILES string of the molecule is O=C1Nc2ccccc2/C1=C/c1cc2cccnc2cc1O. The van der Waals surface area contributed by atoms with E-state index < -0.39 is 0 Å². The van der Waals surface area contributed by atoms with Gasteiger partial charge in [-0.15, -0.1) is 0 Å². The van der Waals surface area contributed by atoms with E-state index in [0.29, 0.717) is 11.1 Å². The number of para-hydroxylation sites is 1. The standard InChI is InChI=1S/C18H12N2O2/c21-17-10-16-11(4-3-7-19-16)8-12(17)9-14-13-5-1-2-6-15(13)20-18(14)22/h1-10,21H,(H,20,22)/b14-9-. The summed E-state index contributed by atoms with van der Waals surface area (Å²) in [5.41, 5.74) is 3.51. The van der Waals surface area contributed by atoms with Crippen LogP contribution in [-0.4, -0.2) is 16.0 Å². The molecule has 4 nitrogen and oxygen atoms in total. The number of amides is 1. The lowest BCUT2D eigenvalue weighted by Gasteiger charge is -2.04. The van der Waals surface area contributed by atoms with E-state index in [9.17, 15) is 9.90 Å². The number of nitrogens with one attached hydrogen (secondary N) is 1. The van der Waals surface area contributed by atoms with E-state index in [4.69, 9.17) is 0 Å². The van der Waals surface area contributed by atoms with Gasteiger partial charge in [-0.3, -0.25) is 9.78 Å². The predicted octanol–water partition coefficient (Wildman–Crippen LogP) is 3.43. The number of aromatic hydroxyl groups is 1. The summed E-state index contributed by atoms with van der Waals surface area (Å²) in [4.78, 5) is 16.3. The highest BCUT2D eigenvalue weighted by Gasteiger charge is 2.23. The van der Waals surface area contributed by atoms with Crippen molar-refractivity contribution < 1.29 is 9.90 Å². The van der Waals surface area contributed by atoms with Gasteiger partial charge in [0.05, 0.1) is 5.52 Å². The van der Waals surface area contributed by atoms with Gasteiger partial charge in [-0.25, -0.2) is 0 Å². The third kappa shape index (κ3) is 1.93. The smallest absolute Gasteiger partial charge is 0.256 e. The summed E-state index contributed by atoms with van der Waals surface area (Å²) in [7, 11) is 0. The van der Waals surface area contributed by atoms with E-state index in [1.54, 1.807) is 18.3 Å². The average molecular weight is 288 g/mol. The highest BCUT2D eigenvalue weighted by Crippen LogP contribution is 2.34. The number of carbonyl (C=O) groups excluding carboxylic acids is 1. The minimum Gasteiger partial charge on any atom is -0.507 e. The van der Waals surface area contributed by atoms with Crippen LogP contribution in [-0.2, 0) is 4.79 Å². The van der Waals surface area contributed by atoms with Crippen molar-refractivity contribution in [3.63, 3.8) is 0 Å². The summed E-state index contributed by atoms with van der Waals surface area (Å²) in [6.45, 7) is 0. The number of benzene rings is 2. The van der Waals surface area contributed by atoms with Crippen LogP contribution in [0, 0.1) is 0 Å². The average Bonchev–Trinajstić information content (AvgIpc) is 2.84. The van der Waals surface area contributed by atoms with Crippen LogP contribution in [0.5, 0.6) is 5.75 Å². The maximum Gasteiger partial charge on any atom is 0.256 e. The molecule has 1 amide bonds. The molecule has 22 heavy (non-hydrogen) atoms. The van der Waals surface area contributed by atoms with Crippen LogP contribution in [0.3, 0.4) is 0 Å². The molecule has 0 saturated carbocycles. The van der Waals surface area contributed by atoms with E-state index in [1.807, 2.05) is 42.5 Å². The van der Waals surface area contributed by atoms with Gasteiger partial charge in [0.25, 0.3) is 5.91 Å². The third-order valence-corrected chi connectivity index (χ3v) is 3.76. The number of aromatic nitrogens is 1. The van der Waals surface area contributed by atoms with Crippen molar-refractivity contribution in [2.45, 2.75) is 0 Å². The van der Waals surface area contributed by atoms with Crippen LogP contribution in [0.1, 0.15) is 11.1 Å². The minimum atomic E-state index is -0.160. The molecule has 0 unspecified atom stereocenters. The van der Waals surface area contributed by atoms with Gasteiger partial charge in [-0.05, 0) is 24.3 Å². The zero-order chi connectivity index (χ0) is 15.1. The van der Waals surface area contributed by atoms with Crippen molar-refractivity contribution >= 4 is 34.1 Å². The topological polar surface area (TPSA) is 62.2 Å². The second kappa shape index (κ2) is 4.70. The van der Waals surface area contributed by atoms with Gasteiger partial charge < -0.3 is 10.4 Å².